The summed E-state index contributed by atoms with van der Waals surface area (Å²) in [7, 11) is 1.60. The molecule has 0 radical (unpaired) electrons. The van der Waals surface area contributed by atoms with Crippen LogP contribution in [-0.4, -0.2) is 121 Å². The van der Waals surface area contributed by atoms with Gasteiger partial charge in [0.2, 0.25) is 6.29 Å². The Kier molecular flexibility index (Phi) is 10.6. The smallest absolute Gasteiger partial charge is 0.215 e. The van der Waals surface area contributed by atoms with Gasteiger partial charge in [0.05, 0.1) is 37.9 Å². The van der Waals surface area contributed by atoms with Crippen LogP contribution < -0.4 is 22.1 Å². The van der Waals surface area contributed by atoms with Gasteiger partial charge in [-0.1, -0.05) is 0 Å². The van der Waals surface area contributed by atoms with Gasteiger partial charge in [-0.25, -0.2) is 0 Å². The Morgan fingerprint density at radius 1 is 1.19 bits per heavy atom. The van der Waals surface area contributed by atoms with E-state index in [0.717, 1.165) is 6.29 Å². The van der Waals surface area contributed by atoms with E-state index in [9.17, 15) is 20.1 Å². The quantitative estimate of drug-likeness (QED) is 0.0993. The van der Waals surface area contributed by atoms with E-state index >= 15 is 0 Å². The first-order valence-corrected chi connectivity index (χ1v) is 12.4. The Hall–Kier alpha value is -1.23. The molecule has 13 nitrogen and oxygen atoms in total. The molecule has 1 saturated heterocycles. The van der Waals surface area contributed by atoms with Gasteiger partial charge in [-0.3, -0.25) is 0 Å². The van der Waals surface area contributed by atoms with E-state index in [-0.39, 0.29) is 19.6 Å². The van der Waals surface area contributed by atoms with Gasteiger partial charge in [0.15, 0.2) is 6.29 Å². The molecule has 0 amide bonds. The lowest BCUT2D eigenvalue weighted by Crippen LogP contribution is -2.67. The SMILES string of the molecule is CN[C@@H]1[C@@H](O)[C@@H](O[C@H]2[C@H](CC=O)C[C@H](N)C(O[C@H]3OC(CNCCO)=CC[C@H]3N)[C@@H]2O)OC[C@]1(C)O. The fourth-order valence-corrected chi connectivity index (χ4v) is 5.14. The third-order valence-corrected chi connectivity index (χ3v) is 7.08. The molecule has 0 aromatic rings. The topological polar surface area (TPSA) is 211 Å². The third-order valence-electron chi connectivity index (χ3n) is 7.08. The second-order valence-electron chi connectivity index (χ2n) is 10.0. The van der Waals surface area contributed by atoms with Crippen LogP contribution in [0.25, 0.3) is 0 Å². The van der Waals surface area contributed by atoms with Crippen molar-refractivity contribution in [3.63, 3.8) is 0 Å². The number of hydrogen-bond donors (Lipinski definition) is 8. The average Bonchev–Trinajstić information content (AvgIpc) is 2.82. The fourth-order valence-electron chi connectivity index (χ4n) is 5.14. The second kappa shape index (κ2) is 13.0. The summed E-state index contributed by atoms with van der Waals surface area (Å²) in [6.07, 6.45) is -2.98. The van der Waals surface area contributed by atoms with Crippen LogP contribution in [0.1, 0.15) is 26.2 Å². The van der Waals surface area contributed by atoms with Crippen molar-refractivity contribution in [1.29, 1.82) is 0 Å². The van der Waals surface area contributed by atoms with E-state index in [1.54, 1.807) is 7.05 Å². The van der Waals surface area contributed by atoms with Gasteiger partial charge in [0, 0.05) is 19.0 Å². The molecule has 2 heterocycles. The summed E-state index contributed by atoms with van der Waals surface area (Å²) >= 11 is 0. The Morgan fingerprint density at radius 3 is 2.58 bits per heavy atom. The number of nitrogens with two attached hydrogens (primary N) is 2. The standard InChI is InChI=1S/C23H42N4O9/c1-23(32)11-33-22(17(31)20(23)26-2)35-18-12(5-7-28)9-15(25)19(16(18)30)36-21-14(24)4-3-13(34-21)10-27-6-8-29/h3,7,12,14-22,26-27,29-32H,4-6,8-11,24-25H2,1-2H3/t12-,14-,15+,16-,17-,18+,19?,20-,21-,22-,23+/m1/s1. The maximum Gasteiger partial charge on any atom is 0.215 e. The monoisotopic (exact) mass is 518 g/mol. The molecule has 0 spiro atoms. The molecule has 11 atom stereocenters. The number of hydrogen-bond acceptors (Lipinski definition) is 13. The van der Waals surface area contributed by atoms with Crippen molar-refractivity contribution in [3.05, 3.63) is 11.8 Å². The lowest BCUT2D eigenvalue weighted by Gasteiger charge is -2.48. The van der Waals surface area contributed by atoms with Crippen LogP contribution in [0.2, 0.25) is 0 Å². The largest absolute Gasteiger partial charge is 0.467 e. The Balaban J connectivity index is 1.71. The Labute approximate surface area is 211 Å². The molecule has 0 aromatic carbocycles. The van der Waals surface area contributed by atoms with Crippen molar-refractivity contribution >= 4 is 6.29 Å². The zero-order chi connectivity index (χ0) is 26.5. The van der Waals surface area contributed by atoms with Crippen molar-refractivity contribution < 1.29 is 44.2 Å². The fraction of sp³-hybridized carbons (Fsp3) is 0.870. The molecule has 0 aromatic heterocycles. The lowest BCUT2D eigenvalue weighted by atomic mass is 9.78. The van der Waals surface area contributed by atoms with Crippen LogP contribution in [0, 0.1) is 5.92 Å². The van der Waals surface area contributed by atoms with Gasteiger partial charge >= 0.3 is 0 Å². The molecule has 3 aliphatic rings. The molecule has 2 fully saturated rings. The van der Waals surface area contributed by atoms with Gasteiger partial charge in [0.25, 0.3) is 0 Å². The number of carbonyl (C=O) groups excluding carboxylic acids is 1. The highest BCUT2D eigenvalue weighted by atomic mass is 16.7. The van der Waals surface area contributed by atoms with Crippen molar-refractivity contribution in [2.75, 3.05) is 33.4 Å². The van der Waals surface area contributed by atoms with Crippen LogP contribution in [0.3, 0.4) is 0 Å². The predicted molar refractivity (Wildman–Crippen MR) is 127 cm³/mol. The van der Waals surface area contributed by atoms with Crippen molar-refractivity contribution in [2.24, 2.45) is 17.4 Å². The predicted octanol–water partition coefficient (Wildman–Crippen LogP) is -3.35. The molecule has 208 valence electrons. The van der Waals surface area contributed by atoms with Gasteiger partial charge in [0.1, 0.15) is 36.0 Å². The first kappa shape index (κ1) is 29.3. The van der Waals surface area contributed by atoms with Gasteiger partial charge in [-0.2, -0.15) is 0 Å². The molecule has 36 heavy (non-hydrogen) atoms. The summed E-state index contributed by atoms with van der Waals surface area (Å²) in [4.78, 5) is 11.4. The van der Waals surface area contributed by atoms with Crippen LogP contribution in [0.5, 0.6) is 0 Å². The average molecular weight is 519 g/mol. The maximum absolute atomic E-state index is 11.4. The summed E-state index contributed by atoms with van der Waals surface area (Å²) < 4.78 is 23.6. The van der Waals surface area contributed by atoms with Gasteiger partial charge < -0.3 is 66.3 Å². The molecular weight excluding hydrogens is 476 g/mol. The van der Waals surface area contributed by atoms with E-state index in [2.05, 4.69) is 10.6 Å². The Bertz CT molecular complexity index is 742. The van der Waals surface area contributed by atoms with E-state index in [4.69, 9.17) is 35.5 Å². The van der Waals surface area contributed by atoms with Gasteiger partial charge in [-0.15, -0.1) is 0 Å². The Morgan fingerprint density at radius 2 is 1.92 bits per heavy atom. The second-order valence-corrected chi connectivity index (χ2v) is 10.0. The molecular formula is C23H42N4O9. The van der Waals surface area contributed by atoms with Gasteiger partial charge in [-0.05, 0) is 38.8 Å². The number of ether oxygens (including phenoxy) is 4. The van der Waals surface area contributed by atoms with E-state index in [1.807, 2.05) is 6.08 Å². The zero-order valence-corrected chi connectivity index (χ0v) is 20.9. The lowest BCUT2D eigenvalue weighted by molar-refractivity contribution is -0.308. The van der Waals surface area contributed by atoms with Crippen LogP contribution >= 0.6 is 0 Å². The number of likely N-dealkylation sites (N-methyl/N-ethyl adjacent to an activating group) is 1. The summed E-state index contributed by atoms with van der Waals surface area (Å²) in [5, 5.41) is 47.4. The highest BCUT2D eigenvalue weighted by Crippen LogP contribution is 2.35. The zero-order valence-electron chi connectivity index (χ0n) is 20.9. The number of aldehydes is 1. The summed E-state index contributed by atoms with van der Waals surface area (Å²) in [6, 6.07) is -1.88. The molecule has 1 unspecified atom stereocenters. The minimum atomic E-state index is -1.33. The van der Waals surface area contributed by atoms with Crippen LogP contribution in [-0.2, 0) is 23.7 Å². The molecule has 2 aliphatic heterocycles. The minimum Gasteiger partial charge on any atom is -0.467 e. The minimum absolute atomic E-state index is 0.00873. The number of rotatable bonds is 11. The van der Waals surface area contributed by atoms with Crippen molar-refractivity contribution in [3.8, 4) is 0 Å². The highest BCUT2D eigenvalue weighted by molar-refractivity contribution is 5.50. The molecule has 3 rings (SSSR count). The molecule has 1 saturated carbocycles. The van der Waals surface area contributed by atoms with E-state index < -0.39 is 66.6 Å². The van der Waals surface area contributed by atoms with E-state index in [1.165, 1.54) is 6.92 Å². The van der Waals surface area contributed by atoms with Crippen LogP contribution in [0.15, 0.2) is 11.8 Å². The first-order valence-electron chi connectivity index (χ1n) is 12.4. The molecule has 13 heteroatoms. The van der Waals surface area contributed by atoms with E-state index in [0.29, 0.717) is 31.7 Å². The summed E-state index contributed by atoms with van der Waals surface area (Å²) in [5.74, 6) is 0.155. The summed E-state index contributed by atoms with van der Waals surface area (Å²) in [5.41, 5.74) is 11.2. The van der Waals surface area contributed by atoms with Crippen molar-refractivity contribution in [2.45, 2.75) is 86.9 Å². The first-order chi connectivity index (χ1) is 17.1. The molecule has 1 aliphatic carbocycles. The maximum atomic E-state index is 11.4. The van der Waals surface area contributed by atoms with Crippen molar-refractivity contribution in [1.82, 2.24) is 10.6 Å². The number of carbonyl (C=O) groups is 1. The van der Waals surface area contributed by atoms with Crippen LogP contribution in [0.4, 0.5) is 0 Å². The molecule has 0 bridgehead atoms. The third kappa shape index (κ3) is 6.79. The highest BCUT2D eigenvalue weighted by Gasteiger charge is 2.51. The number of aliphatic hydroxyl groups excluding tert-OH is 3. The number of nitrogens with one attached hydrogen (secondary N) is 2. The normalized spacial score (nSPS) is 43.5. The summed E-state index contributed by atoms with van der Waals surface area (Å²) in [6.45, 7) is 2.21. The molecule has 10 N–H and O–H groups in total. The number of aliphatic hydroxyl groups is 4.